The maximum Gasteiger partial charge on any atom is 0.471 e. The second kappa shape index (κ2) is 11.0. The number of carbonyl (C=O) groups is 2. The molecule has 13 heteroatoms. The first-order chi connectivity index (χ1) is 14.5. The van der Waals surface area contributed by atoms with Gasteiger partial charge in [-0.3, -0.25) is 14.5 Å². The van der Waals surface area contributed by atoms with Crippen molar-refractivity contribution in [3.8, 4) is 0 Å². The number of ether oxygens (including phenoxy) is 2. The van der Waals surface area contributed by atoms with Crippen molar-refractivity contribution in [2.75, 3.05) is 33.4 Å². The van der Waals surface area contributed by atoms with Gasteiger partial charge in [0.1, 0.15) is 6.23 Å². The standard InChI is InChI=1S/C18H26F3N5O4S/c1-10(22)14(23)16(29-2)26-5-6-30-9-11(26)7-24-15(27)13-4-3-12(31-13)8-25-17(28)18(19,20)21/h3-4,11,14,16,22H,5-9,23H2,1-2H3,(H,24,27)(H,25,28). The number of alkyl halides is 3. The molecule has 174 valence electrons. The summed E-state index contributed by atoms with van der Waals surface area (Å²) in [7, 11) is 1.50. The molecule has 1 aliphatic rings. The molecule has 0 spiro atoms. The van der Waals surface area contributed by atoms with Crippen molar-refractivity contribution in [1.82, 2.24) is 15.5 Å². The smallest absolute Gasteiger partial charge is 0.378 e. The van der Waals surface area contributed by atoms with Crippen LogP contribution in [0, 0.1) is 5.41 Å². The Bertz CT molecular complexity index is 788. The first-order valence-electron chi connectivity index (χ1n) is 9.43. The fourth-order valence-corrected chi connectivity index (χ4v) is 3.91. The molecule has 0 saturated carbocycles. The maximum absolute atomic E-state index is 12.5. The molecule has 0 radical (unpaired) electrons. The average molecular weight is 465 g/mol. The summed E-state index contributed by atoms with van der Waals surface area (Å²) in [5.41, 5.74) is 6.34. The SMILES string of the molecule is COC(C(N)C(C)=N)N1CCOCC1CNC(=O)c1ccc(CNC(=O)C(F)(F)F)s1. The molecule has 3 unspecified atom stereocenters. The summed E-state index contributed by atoms with van der Waals surface area (Å²) in [6.07, 6.45) is -5.50. The molecule has 1 saturated heterocycles. The molecule has 1 aromatic heterocycles. The van der Waals surface area contributed by atoms with Crippen molar-refractivity contribution in [3.63, 3.8) is 0 Å². The van der Waals surface area contributed by atoms with Gasteiger partial charge in [-0.2, -0.15) is 13.2 Å². The molecule has 31 heavy (non-hydrogen) atoms. The highest BCUT2D eigenvalue weighted by Crippen LogP contribution is 2.19. The number of nitrogens with one attached hydrogen (secondary N) is 3. The molecule has 9 nitrogen and oxygen atoms in total. The van der Waals surface area contributed by atoms with Crippen LogP contribution in [-0.4, -0.2) is 80.3 Å². The Labute approximate surface area is 181 Å². The van der Waals surface area contributed by atoms with E-state index in [1.54, 1.807) is 12.2 Å². The fraction of sp³-hybridized carbons (Fsp3) is 0.611. The van der Waals surface area contributed by atoms with Crippen LogP contribution in [0.1, 0.15) is 21.5 Å². The third kappa shape index (κ3) is 6.97. The summed E-state index contributed by atoms with van der Waals surface area (Å²) in [4.78, 5) is 26.0. The number of thiophene rings is 1. The second-order valence-corrected chi connectivity index (χ2v) is 8.13. The molecule has 2 heterocycles. The monoisotopic (exact) mass is 465 g/mol. The number of rotatable bonds is 9. The van der Waals surface area contributed by atoms with Gasteiger partial charge in [0.05, 0.1) is 36.7 Å². The summed E-state index contributed by atoms with van der Waals surface area (Å²) in [5, 5.41) is 12.3. The van der Waals surface area contributed by atoms with Crippen LogP contribution >= 0.6 is 11.3 Å². The van der Waals surface area contributed by atoms with Gasteiger partial charge >= 0.3 is 12.1 Å². The molecule has 5 N–H and O–H groups in total. The predicted octanol–water partition coefficient (Wildman–Crippen LogP) is 0.697. The Morgan fingerprint density at radius 1 is 1.42 bits per heavy atom. The summed E-state index contributed by atoms with van der Waals surface area (Å²) in [6.45, 7) is 2.81. The van der Waals surface area contributed by atoms with Crippen LogP contribution in [0.15, 0.2) is 12.1 Å². The number of nitrogens with two attached hydrogens (primary N) is 1. The molecular weight excluding hydrogens is 439 g/mol. The molecule has 1 aromatic rings. The lowest BCUT2D eigenvalue weighted by atomic mass is 10.1. The number of methoxy groups -OCH3 is 1. The minimum atomic E-state index is -4.95. The zero-order valence-corrected chi connectivity index (χ0v) is 17.9. The van der Waals surface area contributed by atoms with Crippen molar-refractivity contribution < 1.29 is 32.2 Å². The topological polar surface area (TPSA) is 130 Å². The van der Waals surface area contributed by atoms with E-state index in [4.69, 9.17) is 20.6 Å². The van der Waals surface area contributed by atoms with E-state index in [0.717, 1.165) is 11.3 Å². The van der Waals surface area contributed by atoms with Gasteiger partial charge in [-0.15, -0.1) is 11.3 Å². The maximum atomic E-state index is 12.5. The van der Waals surface area contributed by atoms with Gasteiger partial charge < -0.3 is 31.3 Å². The minimum absolute atomic E-state index is 0.223. The average Bonchev–Trinajstić information content (AvgIpc) is 3.19. The van der Waals surface area contributed by atoms with Gasteiger partial charge in [0.2, 0.25) is 0 Å². The quantitative estimate of drug-likeness (QED) is 0.397. The van der Waals surface area contributed by atoms with E-state index in [2.05, 4.69) is 5.32 Å². The molecule has 1 fully saturated rings. The number of amides is 2. The lowest BCUT2D eigenvalue weighted by Gasteiger charge is -2.42. The van der Waals surface area contributed by atoms with Gasteiger partial charge in [0.15, 0.2) is 0 Å². The third-order valence-corrected chi connectivity index (χ3v) is 5.80. The van der Waals surface area contributed by atoms with E-state index in [9.17, 15) is 22.8 Å². The number of hydrogen-bond acceptors (Lipinski definition) is 8. The van der Waals surface area contributed by atoms with Crippen molar-refractivity contribution >= 4 is 28.9 Å². The molecule has 0 aliphatic carbocycles. The highest BCUT2D eigenvalue weighted by Gasteiger charge is 2.38. The molecule has 2 amide bonds. The van der Waals surface area contributed by atoms with E-state index in [-0.39, 0.29) is 24.8 Å². The Balaban J connectivity index is 1.94. The Hall–Kier alpha value is -2.06. The predicted molar refractivity (Wildman–Crippen MR) is 108 cm³/mol. The molecular formula is C18H26F3N5O4S. The first-order valence-corrected chi connectivity index (χ1v) is 10.2. The normalized spacial score (nSPS) is 19.5. The van der Waals surface area contributed by atoms with E-state index >= 15 is 0 Å². The number of nitrogens with zero attached hydrogens (tertiary/aromatic N) is 1. The van der Waals surface area contributed by atoms with Crippen molar-refractivity contribution in [2.24, 2.45) is 5.73 Å². The highest BCUT2D eigenvalue weighted by molar-refractivity contribution is 7.14. The van der Waals surface area contributed by atoms with Crippen LogP contribution in [-0.2, 0) is 20.8 Å². The highest BCUT2D eigenvalue weighted by atomic mass is 32.1. The Morgan fingerprint density at radius 2 is 2.13 bits per heavy atom. The van der Waals surface area contributed by atoms with Gasteiger partial charge in [-0.05, 0) is 19.1 Å². The Morgan fingerprint density at radius 3 is 2.74 bits per heavy atom. The van der Waals surface area contributed by atoms with Crippen LogP contribution in [0.3, 0.4) is 0 Å². The summed E-state index contributed by atoms with van der Waals surface area (Å²) < 4.78 is 47.8. The van der Waals surface area contributed by atoms with Gasteiger partial charge in [-0.25, -0.2) is 0 Å². The van der Waals surface area contributed by atoms with Crippen LogP contribution in [0.4, 0.5) is 13.2 Å². The molecule has 3 atom stereocenters. The van der Waals surface area contributed by atoms with Crippen molar-refractivity contribution in [2.45, 2.75) is 38.0 Å². The van der Waals surface area contributed by atoms with Crippen LogP contribution in [0.5, 0.6) is 0 Å². The zero-order chi connectivity index (χ0) is 23.2. The van der Waals surface area contributed by atoms with E-state index in [1.165, 1.54) is 19.2 Å². The lowest BCUT2D eigenvalue weighted by Crippen LogP contribution is -2.61. The molecule has 0 aromatic carbocycles. The lowest BCUT2D eigenvalue weighted by molar-refractivity contribution is -0.173. The third-order valence-electron chi connectivity index (χ3n) is 4.71. The van der Waals surface area contributed by atoms with E-state index in [0.29, 0.717) is 29.5 Å². The summed E-state index contributed by atoms with van der Waals surface area (Å²) in [5.74, 6) is -2.43. The number of hydrogen-bond donors (Lipinski definition) is 4. The first kappa shape index (κ1) is 25.2. The van der Waals surface area contributed by atoms with Crippen LogP contribution in [0.2, 0.25) is 0 Å². The van der Waals surface area contributed by atoms with Gasteiger partial charge in [-0.1, -0.05) is 0 Å². The molecule has 0 bridgehead atoms. The van der Waals surface area contributed by atoms with Crippen LogP contribution < -0.4 is 16.4 Å². The van der Waals surface area contributed by atoms with E-state index in [1.807, 2.05) is 4.90 Å². The Kier molecular flexibility index (Phi) is 8.94. The second-order valence-electron chi connectivity index (χ2n) is 6.96. The number of carbonyl (C=O) groups excluding carboxylic acids is 2. The number of halogens is 3. The van der Waals surface area contributed by atoms with Crippen molar-refractivity contribution in [1.29, 1.82) is 5.41 Å². The van der Waals surface area contributed by atoms with Gasteiger partial charge in [0.25, 0.3) is 5.91 Å². The minimum Gasteiger partial charge on any atom is -0.378 e. The summed E-state index contributed by atoms with van der Waals surface area (Å²) >= 11 is 0.989. The van der Waals surface area contributed by atoms with E-state index < -0.39 is 30.3 Å². The fourth-order valence-electron chi connectivity index (χ4n) is 3.04. The van der Waals surface area contributed by atoms with Crippen molar-refractivity contribution in [3.05, 3.63) is 21.9 Å². The summed E-state index contributed by atoms with van der Waals surface area (Å²) in [6, 6.07) is 2.10. The number of morpholine rings is 1. The largest absolute Gasteiger partial charge is 0.471 e. The van der Waals surface area contributed by atoms with Gasteiger partial charge in [0, 0.05) is 30.8 Å². The zero-order valence-electron chi connectivity index (χ0n) is 17.1. The van der Waals surface area contributed by atoms with Crippen LogP contribution in [0.25, 0.3) is 0 Å². The molecule has 2 rings (SSSR count). The molecule has 1 aliphatic heterocycles.